The van der Waals surface area contributed by atoms with E-state index < -0.39 is 10.1 Å². The average Bonchev–Trinajstić information content (AvgIpc) is 2.25. The first kappa shape index (κ1) is 13.2. The van der Waals surface area contributed by atoms with Gasteiger partial charge in [-0.2, -0.15) is 8.42 Å². The Hall–Kier alpha value is -0.910. The Morgan fingerprint density at radius 2 is 1.88 bits per heavy atom. The summed E-state index contributed by atoms with van der Waals surface area (Å²) in [6, 6.07) is 6.62. The van der Waals surface area contributed by atoms with Crippen LogP contribution in [0.2, 0.25) is 0 Å². The molecule has 0 amide bonds. The lowest BCUT2D eigenvalue weighted by Crippen LogP contribution is -2.13. The summed E-state index contributed by atoms with van der Waals surface area (Å²) in [6.07, 6.45) is 0.668. The molecule has 0 atom stereocenters. The largest absolute Gasteiger partial charge is 0.320 e. The van der Waals surface area contributed by atoms with Crippen molar-refractivity contribution in [3.8, 4) is 0 Å². The van der Waals surface area contributed by atoms with Crippen LogP contribution in [0.4, 0.5) is 0 Å². The van der Waals surface area contributed by atoms with Gasteiger partial charge >= 0.3 is 0 Å². The second-order valence-electron chi connectivity index (χ2n) is 3.55. The third-order valence-corrected chi connectivity index (χ3v) is 3.45. The molecule has 0 fully saturated rings. The smallest absolute Gasteiger partial charge is 0.296 e. The quantitative estimate of drug-likeness (QED) is 0.604. The van der Waals surface area contributed by atoms with Gasteiger partial charge in [0.05, 0.1) is 11.5 Å². The van der Waals surface area contributed by atoms with E-state index in [1.807, 2.05) is 14.0 Å². The number of rotatable bonds is 6. The molecule has 0 bridgehead atoms. The Balaban J connectivity index is 2.60. The molecular weight excluding hydrogens is 226 g/mol. The third kappa shape index (κ3) is 3.92. The lowest BCUT2D eigenvalue weighted by Gasteiger charge is -2.05. The van der Waals surface area contributed by atoms with Gasteiger partial charge in [0.1, 0.15) is 0 Å². The number of hydrogen-bond donors (Lipinski definition) is 1. The standard InChI is InChI=1S/C11H17NO3S/c1-10-4-6-11(7-5-10)16(13,14)15-9-3-8-12-2/h4-7,12H,3,8-9H2,1-2H3. The predicted octanol–water partition coefficient (Wildman–Crippen LogP) is 1.31. The molecule has 1 rings (SSSR count). The van der Waals surface area contributed by atoms with Crippen LogP contribution < -0.4 is 5.32 Å². The molecule has 1 aromatic carbocycles. The summed E-state index contributed by atoms with van der Waals surface area (Å²) in [7, 11) is -1.77. The van der Waals surface area contributed by atoms with Crippen LogP contribution in [0.5, 0.6) is 0 Å². The number of aryl methyl sites for hydroxylation is 1. The number of hydrogen-bond acceptors (Lipinski definition) is 4. The monoisotopic (exact) mass is 243 g/mol. The van der Waals surface area contributed by atoms with Gasteiger partial charge in [-0.05, 0) is 39.1 Å². The molecule has 0 aliphatic rings. The van der Waals surface area contributed by atoms with E-state index in [0.29, 0.717) is 6.42 Å². The van der Waals surface area contributed by atoms with Crippen molar-refractivity contribution in [2.24, 2.45) is 0 Å². The van der Waals surface area contributed by atoms with Crippen LogP contribution in [0.25, 0.3) is 0 Å². The molecule has 0 aromatic heterocycles. The summed E-state index contributed by atoms with van der Waals surface area (Å²) in [4.78, 5) is 0.211. The molecule has 4 nitrogen and oxygen atoms in total. The zero-order chi connectivity index (χ0) is 12.0. The minimum Gasteiger partial charge on any atom is -0.320 e. The second kappa shape index (κ2) is 5.98. The van der Waals surface area contributed by atoms with E-state index in [0.717, 1.165) is 12.1 Å². The molecule has 0 radical (unpaired) electrons. The van der Waals surface area contributed by atoms with Crippen molar-refractivity contribution in [2.75, 3.05) is 20.2 Å². The van der Waals surface area contributed by atoms with E-state index in [4.69, 9.17) is 4.18 Å². The van der Waals surface area contributed by atoms with Crippen molar-refractivity contribution in [3.05, 3.63) is 29.8 Å². The molecule has 1 aromatic rings. The molecule has 0 spiro atoms. The molecule has 0 unspecified atom stereocenters. The van der Waals surface area contributed by atoms with Crippen LogP contribution in [-0.4, -0.2) is 28.6 Å². The van der Waals surface area contributed by atoms with Crippen LogP contribution in [-0.2, 0) is 14.3 Å². The Bertz CT molecular complexity index is 411. The highest BCUT2D eigenvalue weighted by Gasteiger charge is 2.13. The molecular formula is C11H17NO3S. The van der Waals surface area contributed by atoms with Crippen molar-refractivity contribution < 1.29 is 12.6 Å². The van der Waals surface area contributed by atoms with Crippen LogP contribution in [0.1, 0.15) is 12.0 Å². The lowest BCUT2D eigenvalue weighted by atomic mass is 10.2. The third-order valence-electron chi connectivity index (χ3n) is 2.12. The SMILES string of the molecule is CNCCCOS(=O)(=O)c1ccc(C)cc1. The summed E-state index contributed by atoms with van der Waals surface area (Å²) in [5.74, 6) is 0. The first-order valence-electron chi connectivity index (χ1n) is 5.17. The van der Waals surface area contributed by atoms with Gasteiger partial charge < -0.3 is 5.32 Å². The minimum absolute atomic E-state index is 0.205. The van der Waals surface area contributed by atoms with Crippen molar-refractivity contribution in [1.82, 2.24) is 5.32 Å². The molecule has 0 heterocycles. The van der Waals surface area contributed by atoms with Crippen LogP contribution in [0.15, 0.2) is 29.2 Å². The highest BCUT2D eigenvalue weighted by molar-refractivity contribution is 7.86. The van der Waals surface area contributed by atoms with Crippen molar-refractivity contribution in [2.45, 2.75) is 18.2 Å². The van der Waals surface area contributed by atoms with Gasteiger partial charge in [-0.25, -0.2) is 0 Å². The first-order valence-corrected chi connectivity index (χ1v) is 6.58. The van der Waals surface area contributed by atoms with Gasteiger partial charge in [0, 0.05) is 0 Å². The molecule has 90 valence electrons. The molecule has 0 saturated heterocycles. The Morgan fingerprint density at radius 3 is 2.44 bits per heavy atom. The maximum atomic E-state index is 11.7. The lowest BCUT2D eigenvalue weighted by molar-refractivity contribution is 0.311. The van der Waals surface area contributed by atoms with Crippen molar-refractivity contribution >= 4 is 10.1 Å². The maximum absolute atomic E-state index is 11.7. The fourth-order valence-electron chi connectivity index (χ4n) is 1.19. The Kier molecular flexibility index (Phi) is 4.92. The van der Waals surface area contributed by atoms with Gasteiger partial charge in [0.25, 0.3) is 10.1 Å². The molecule has 0 aliphatic carbocycles. The summed E-state index contributed by atoms with van der Waals surface area (Å²) in [6.45, 7) is 2.85. The maximum Gasteiger partial charge on any atom is 0.296 e. The summed E-state index contributed by atoms with van der Waals surface area (Å²) >= 11 is 0. The number of nitrogens with one attached hydrogen (secondary N) is 1. The van der Waals surface area contributed by atoms with Crippen LogP contribution in [0, 0.1) is 6.92 Å². The highest BCUT2D eigenvalue weighted by atomic mass is 32.2. The summed E-state index contributed by atoms with van der Waals surface area (Å²) in [5.41, 5.74) is 1.02. The molecule has 0 aliphatic heterocycles. The van der Waals surface area contributed by atoms with Crippen molar-refractivity contribution in [1.29, 1.82) is 0 Å². The van der Waals surface area contributed by atoms with E-state index in [9.17, 15) is 8.42 Å². The topological polar surface area (TPSA) is 55.4 Å². The summed E-state index contributed by atoms with van der Waals surface area (Å²) in [5, 5.41) is 2.93. The number of benzene rings is 1. The minimum atomic E-state index is -3.59. The van der Waals surface area contributed by atoms with E-state index in [2.05, 4.69) is 5.32 Å². The molecule has 5 heteroatoms. The van der Waals surface area contributed by atoms with Crippen LogP contribution in [0.3, 0.4) is 0 Å². The zero-order valence-corrected chi connectivity index (χ0v) is 10.4. The van der Waals surface area contributed by atoms with Gasteiger partial charge in [0.2, 0.25) is 0 Å². The molecule has 1 N–H and O–H groups in total. The molecule has 16 heavy (non-hydrogen) atoms. The zero-order valence-electron chi connectivity index (χ0n) is 9.56. The van der Waals surface area contributed by atoms with Crippen LogP contribution >= 0.6 is 0 Å². The van der Waals surface area contributed by atoms with Gasteiger partial charge in [0.15, 0.2) is 0 Å². The highest BCUT2D eigenvalue weighted by Crippen LogP contribution is 2.13. The predicted molar refractivity (Wildman–Crippen MR) is 62.9 cm³/mol. The van der Waals surface area contributed by atoms with E-state index in [1.54, 1.807) is 24.3 Å². The molecule has 0 saturated carbocycles. The Morgan fingerprint density at radius 1 is 1.25 bits per heavy atom. The fraction of sp³-hybridized carbons (Fsp3) is 0.455. The van der Waals surface area contributed by atoms with Crippen molar-refractivity contribution in [3.63, 3.8) is 0 Å². The normalized spacial score (nSPS) is 11.6. The fourth-order valence-corrected chi connectivity index (χ4v) is 2.13. The Labute approximate surface area is 96.8 Å². The first-order chi connectivity index (χ1) is 7.56. The van der Waals surface area contributed by atoms with Gasteiger partial charge in [-0.1, -0.05) is 17.7 Å². The van der Waals surface area contributed by atoms with Gasteiger partial charge in [-0.3, -0.25) is 4.18 Å². The second-order valence-corrected chi connectivity index (χ2v) is 5.16. The summed E-state index contributed by atoms with van der Waals surface area (Å²) < 4.78 is 28.2. The average molecular weight is 243 g/mol. The van der Waals surface area contributed by atoms with E-state index >= 15 is 0 Å². The van der Waals surface area contributed by atoms with E-state index in [1.165, 1.54) is 0 Å². The van der Waals surface area contributed by atoms with Gasteiger partial charge in [-0.15, -0.1) is 0 Å². The van der Waals surface area contributed by atoms with E-state index in [-0.39, 0.29) is 11.5 Å².